The van der Waals surface area contributed by atoms with E-state index >= 15 is 0 Å². The molecule has 0 saturated carbocycles. The van der Waals surface area contributed by atoms with Crippen molar-refractivity contribution >= 4 is 11.9 Å². The molecule has 6 heteroatoms. The molecule has 0 aromatic heterocycles. The van der Waals surface area contributed by atoms with Crippen molar-refractivity contribution in [3.05, 3.63) is 60.2 Å². The first kappa shape index (κ1) is 20.3. The monoisotopic (exact) mass is 371 g/mol. The molecule has 0 aliphatic heterocycles. The number of hydrogen-bond acceptors (Lipinski definition) is 5. The summed E-state index contributed by atoms with van der Waals surface area (Å²) in [6.45, 7) is 5.40. The Morgan fingerprint density at radius 1 is 0.889 bits per heavy atom. The highest BCUT2D eigenvalue weighted by molar-refractivity contribution is 5.83. The van der Waals surface area contributed by atoms with Crippen LogP contribution in [-0.2, 0) is 20.9 Å². The Morgan fingerprint density at radius 2 is 1.48 bits per heavy atom. The summed E-state index contributed by atoms with van der Waals surface area (Å²) < 4.78 is 16.1. The molecule has 0 radical (unpaired) electrons. The number of nitrogens with one attached hydrogen (secondary N) is 1. The van der Waals surface area contributed by atoms with Crippen LogP contribution in [0.4, 0.5) is 0 Å². The number of benzene rings is 2. The van der Waals surface area contributed by atoms with Crippen LogP contribution in [0.5, 0.6) is 11.5 Å². The van der Waals surface area contributed by atoms with E-state index < -0.39 is 12.1 Å². The number of ether oxygens (including phenoxy) is 3. The van der Waals surface area contributed by atoms with E-state index in [-0.39, 0.29) is 18.6 Å². The van der Waals surface area contributed by atoms with Crippen LogP contribution in [0.3, 0.4) is 0 Å². The van der Waals surface area contributed by atoms with Crippen molar-refractivity contribution in [3.63, 3.8) is 0 Å². The normalized spacial score (nSPS) is 11.6. The molecule has 1 unspecified atom stereocenters. The number of carbonyl (C=O) groups is 2. The average Bonchev–Trinajstić information content (AvgIpc) is 2.66. The van der Waals surface area contributed by atoms with Crippen molar-refractivity contribution < 1.29 is 23.8 Å². The van der Waals surface area contributed by atoms with E-state index in [0.29, 0.717) is 18.1 Å². The summed E-state index contributed by atoms with van der Waals surface area (Å²) in [4.78, 5) is 23.5. The predicted molar refractivity (Wildman–Crippen MR) is 102 cm³/mol. The van der Waals surface area contributed by atoms with Gasteiger partial charge >= 0.3 is 5.97 Å². The van der Waals surface area contributed by atoms with E-state index in [0.717, 1.165) is 5.56 Å². The van der Waals surface area contributed by atoms with Crippen molar-refractivity contribution in [2.24, 2.45) is 0 Å². The van der Waals surface area contributed by atoms with Crippen LogP contribution in [0.15, 0.2) is 54.6 Å². The highest BCUT2D eigenvalue weighted by Gasteiger charge is 2.18. The van der Waals surface area contributed by atoms with Gasteiger partial charge in [-0.1, -0.05) is 30.3 Å². The van der Waals surface area contributed by atoms with Gasteiger partial charge in [-0.25, -0.2) is 4.79 Å². The lowest BCUT2D eigenvalue weighted by molar-refractivity contribution is -0.156. The van der Waals surface area contributed by atoms with Crippen molar-refractivity contribution in [3.8, 4) is 11.5 Å². The maximum atomic E-state index is 11.8. The molecule has 6 nitrogen and oxygen atoms in total. The highest BCUT2D eigenvalue weighted by atomic mass is 16.6. The Labute approximate surface area is 159 Å². The Morgan fingerprint density at radius 3 is 2.07 bits per heavy atom. The van der Waals surface area contributed by atoms with Gasteiger partial charge in [0.05, 0.1) is 0 Å². The Kier molecular flexibility index (Phi) is 7.67. The third-order valence-electron chi connectivity index (χ3n) is 3.54. The van der Waals surface area contributed by atoms with Crippen LogP contribution in [0, 0.1) is 0 Å². The predicted octanol–water partition coefficient (Wildman–Crippen LogP) is 3.10. The van der Waals surface area contributed by atoms with Gasteiger partial charge in [-0.3, -0.25) is 4.79 Å². The second-order valence-electron chi connectivity index (χ2n) is 6.33. The first-order chi connectivity index (χ1) is 12.9. The van der Waals surface area contributed by atoms with Gasteiger partial charge < -0.3 is 19.5 Å². The molecule has 0 spiro atoms. The maximum absolute atomic E-state index is 11.8. The minimum Gasteiger partial charge on any atom is -0.489 e. The number of hydrogen-bond donors (Lipinski definition) is 1. The fourth-order valence-corrected chi connectivity index (χ4v) is 2.20. The number of rotatable bonds is 9. The van der Waals surface area contributed by atoms with E-state index in [1.54, 1.807) is 24.3 Å². The lowest BCUT2D eigenvalue weighted by Gasteiger charge is -2.15. The molecule has 0 saturated heterocycles. The van der Waals surface area contributed by atoms with Gasteiger partial charge in [0.2, 0.25) is 0 Å². The largest absolute Gasteiger partial charge is 0.489 e. The van der Waals surface area contributed by atoms with Crippen LogP contribution >= 0.6 is 0 Å². The lowest BCUT2D eigenvalue weighted by atomic mass is 10.2. The van der Waals surface area contributed by atoms with E-state index in [4.69, 9.17) is 14.2 Å². The van der Waals surface area contributed by atoms with E-state index in [1.807, 2.05) is 44.2 Å². The molecule has 1 N–H and O–H groups in total. The van der Waals surface area contributed by atoms with Crippen molar-refractivity contribution in [1.82, 2.24) is 5.32 Å². The Hall–Kier alpha value is -3.02. The summed E-state index contributed by atoms with van der Waals surface area (Å²) >= 11 is 0. The first-order valence-electron chi connectivity index (χ1n) is 8.83. The van der Waals surface area contributed by atoms with Gasteiger partial charge in [-0.05, 0) is 50.6 Å². The second-order valence-corrected chi connectivity index (χ2v) is 6.33. The standard InChI is InChI=1S/C21H25NO5/c1-15(2)22-21(24)16(3)27-20(23)14-26-19-11-9-18(10-12-19)25-13-17-7-5-4-6-8-17/h4-12,15-16H,13-14H2,1-3H3,(H,22,24). The third-order valence-corrected chi connectivity index (χ3v) is 3.54. The molecule has 0 aliphatic rings. The topological polar surface area (TPSA) is 73.9 Å². The smallest absolute Gasteiger partial charge is 0.344 e. The SMILES string of the molecule is CC(C)NC(=O)C(C)OC(=O)COc1ccc(OCc2ccccc2)cc1. The number of amides is 1. The minimum absolute atomic E-state index is 0.0162. The van der Waals surface area contributed by atoms with Gasteiger partial charge in [0.25, 0.3) is 5.91 Å². The minimum atomic E-state index is -0.864. The molecule has 2 rings (SSSR count). The lowest BCUT2D eigenvalue weighted by Crippen LogP contribution is -2.40. The third kappa shape index (κ3) is 7.40. The molecule has 144 valence electrons. The number of esters is 1. The molecule has 2 aromatic carbocycles. The molecule has 0 bridgehead atoms. The molecule has 0 aliphatic carbocycles. The fraction of sp³-hybridized carbons (Fsp3) is 0.333. The Bertz CT molecular complexity index is 728. The summed E-state index contributed by atoms with van der Waals surface area (Å²) in [6, 6.07) is 16.8. The van der Waals surface area contributed by atoms with E-state index in [9.17, 15) is 9.59 Å². The van der Waals surface area contributed by atoms with Crippen molar-refractivity contribution in [1.29, 1.82) is 0 Å². The summed E-state index contributed by atoms with van der Waals surface area (Å²) in [5.74, 6) is 0.273. The quantitative estimate of drug-likeness (QED) is 0.686. The second kappa shape index (κ2) is 10.2. The van der Waals surface area contributed by atoms with Crippen LogP contribution in [-0.4, -0.2) is 30.6 Å². The Balaban J connectivity index is 1.74. The van der Waals surface area contributed by atoms with Gasteiger partial charge in [0, 0.05) is 6.04 Å². The summed E-state index contributed by atoms with van der Waals surface area (Å²) in [5, 5.41) is 2.68. The fourth-order valence-electron chi connectivity index (χ4n) is 2.20. The molecule has 1 atom stereocenters. The highest BCUT2D eigenvalue weighted by Crippen LogP contribution is 2.18. The van der Waals surface area contributed by atoms with Crippen molar-refractivity contribution in [2.45, 2.75) is 39.5 Å². The summed E-state index contributed by atoms with van der Waals surface area (Å²) in [7, 11) is 0. The molecular weight excluding hydrogens is 346 g/mol. The molecule has 0 fully saturated rings. The zero-order valence-corrected chi connectivity index (χ0v) is 15.8. The maximum Gasteiger partial charge on any atom is 0.344 e. The van der Waals surface area contributed by atoms with E-state index in [2.05, 4.69) is 5.32 Å². The molecule has 0 heterocycles. The van der Waals surface area contributed by atoms with Crippen LogP contribution < -0.4 is 14.8 Å². The first-order valence-corrected chi connectivity index (χ1v) is 8.83. The molecular formula is C21H25NO5. The molecule has 2 aromatic rings. The van der Waals surface area contributed by atoms with Crippen LogP contribution in [0.2, 0.25) is 0 Å². The summed E-state index contributed by atoms with van der Waals surface area (Å²) in [5.41, 5.74) is 1.08. The van der Waals surface area contributed by atoms with Crippen LogP contribution in [0.25, 0.3) is 0 Å². The number of carbonyl (C=O) groups excluding carboxylic acids is 2. The summed E-state index contributed by atoms with van der Waals surface area (Å²) in [6.07, 6.45) is -0.864. The van der Waals surface area contributed by atoms with Gasteiger partial charge in [0.15, 0.2) is 12.7 Å². The van der Waals surface area contributed by atoms with Gasteiger partial charge in [-0.15, -0.1) is 0 Å². The van der Waals surface area contributed by atoms with E-state index in [1.165, 1.54) is 6.92 Å². The van der Waals surface area contributed by atoms with Gasteiger partial charge in [-0.2, -0.15) is 0 Å². The average molecular weight is 371 g/mol. The molecule has 1 amide bonds. The zero-order valence-electron chi connectivity index (χ0n) is 15.8. The zero-order chi connectivity index (χ0) is 19.6. The van der Waals surface area contributed by atoms with Gasteiger partial charge in [0.1, 0.15) is 18.1 Å². The van der Waals surface area contributed by atoms with Crippen molar-refractivity contribution in [2.75, 3.05) is 6.61 Å². The van der Waals surface area contributed by atoms with Crippen LogP contribution in [0.1, 0.15) is 26.3 Å². The molecule has 27 heavy (non-hydrogen) atoms.